The van der Waals surface area contributed by atoms with Crippen LogP contribution in [0, 0.1) is 0 Å². The van der Waals surface area contributed by atoms with Gasteiger partial charge in [0.1, 0.15) is 0 Å². The lowest BCUT2D eigenvalue weighted by molar-refractivity contribution is -0.116. The quantitative estimate of drug-likeness (QED) is 0.747. The normalized spacial score (nSPS) is 14.4. The highest BCUT2D eigenvalue weighted by Gasteiger charge is 2.19. The Kier molecular flexibility index (Phi) is 4.33. The van der Waals surface area contributed by atoms with Crippen LogP contribution in [0.15, 0.2) is 27.3 Å². The third kappa shape index (κ3) is 3.62. The molecule has 0 radical (unpaired) electrons. The van der Waals surface area contributed by atoms with Crippen LogP contribution in [-0.2, 0) is 24.2 Å². The van der Waals surface area contributed by atoms with E-state index in [0.29, 0.717) is 29.0 Å². The minimum absolute atomic E-state index is 0.114. The van der Waals surface area contributed by atoms with Crippen LogP contribution in [0.3, 0.4) is 0 Å². The molecule has 9 heteroatoms. The van der Waals surface area contributed by atoms with Gasteiger partial charge < -0.3 is 19.2 Å². The summed E-state index contributed by atoms with van der Waals surface area (Å²) in [4.78, 5) is 24.3. The molecule has 1 N–H and O–H groups in total. The Balaban J connectivity index is 1.32. The molecule has 0 fully saturated rings. The number of carbonyl (C=O) groups is 1. The molecule has 0 aliphatic carbocycles. The van der Waals surface area contributed by atoms with Crippen LogP contribution in [0.1, 0.15) is 22.9 Å². The average Bonchev–Trinajstić information content (AvgIpc) is 3.32. The largest absolute Gasteiger partial charge is 0.461 e. The Bertz CT molecular complexity index is 870. The zero-order valence-corrected chi connectivity index (χ0v) is 14.5. The summed E-state index contributed by atoms with van der Waals surface area (Å²) in [7, 11) is 2.09. The molecule has 3 aromatic rings. The maximum absolute atomic E-state index is 12.1. The fourth-order valence-electron chi connectivity index (χ4n) is 2.64. The van der Waals surface area contributed by atoms with E-state index in [9.17, 15) is 4.79 Å². The number of rotatable bonds is 5. The number of aryl methyl sites for hydroxylation is 1. The van der Waals surface area contributed by atoms with E-state index in [1.54, 1.807) is 29.7 Å². The molecular weight excluding hydrogens is 342 g/mol. The molecule has 0 bridgehead atoms. The van der Waals surface area contributed by atoms with E-state index in [0.717, 1.165) is 25.2 Å². The van der Waals surface area contributed by atoms with Gasteiger partial charge in [-0.1, -0.05) is 5.16 Å². The van der Waals surface area contributed by atoms with Crippen molar-refractivity contribution >= 4 is 22.4 Å². The Morgan fingerprint density at radius 1 is 1.44 bits per heavy atom. The molecule has 0 saturated carbocycles. The first-order chi connectivity index (χ1) is 12.2. The summed E-state index contributed by atoms with van der Waals surface area (Å²) in [5, 5.41) is 7.36. The number of furan rings is 1. The summed E-state index contributed by atoms with van der Waals surface area (Å²) in [6.45, 7) is 1.89. The van der Waals surface area contributed by atoms with Crippen molar-refractivity contribution in [2.24, 2.45) is 0 Å². The first-order valence-corrected chi connectivity index (χ1v) is 8.82. The van der Waals surface area contributed by atoms with Gasteiger partial charge in [-0.25, -0.2) is 4.98 Å². The van der Waals surface area contributed by atoms with Crippen LogP contribution in [0.5, 0.6) is 0 Å². The van der Waals surface area contributed by atoms with Crippen molar-refractivity contribution in [1.29, 1.82) is 0 Å². The summed E-state index contributed by atoms with van der Waals surface area (Å²) in [5.41, 5.74) is 1.10. The third-order valence-electron chi connectivity index (χ3n) is 3.94. The topological polar surface area (TPSA) is 97.3 Å². The molecule has 0 spiro atoms. The number of amides is 1. The van der Waals surface area contributed by atoms with Gasteiger partial charge >= 0.3 is 0 Å². The Morgan fingerprint density at radius 2 is 2.36 bits per heavy atom. The molecule has 4 rings (SSSR count). The summed E-state index contributed by atoms with van der Waals surface area (Å²) in [6.07, 6.45) is 3.09. The van der Waals surface area contributed by atoms with Gasteiger partial charge in [0.25, 0.3) is 0 Å². The summed E-state index contributed by atoms with van der Waals surface area (Å²) >= 11 is 1.54. The van der Waals surface area contributed by atoms with Crippen LogP contribution in [-0.4, -0.2) is 39.5 Å². The summed E-state index contributed by atoms with van der Waals surface area (Å²) < 4.78 is 10.4. The van der Waals surface area contributed by atoms with Crippen LogP contribution in [0.25, 0.3) is 11.6 Å². The molecular formula is C16H17N5O3S. The highest BCUT2D eigenvalue weighted by atomic mass is 32.1. The molecule has 0 unspecified atom stereocenters. The van der Waals surface area contributed by atoms with Crippen LogP contribution < -0.4 is 5.32 Å². The minimum atomic E-state index is -0.114. The van der Waals surface area contributed by atoms with E-state index in [4.69, 9.17) is 8.94 Å². The van der Waals surface area contributed by atoms with Crippen LogP contribution >= 0.6 is 11.3 Å². The van der Waals surface area contributed by atoms with Gasteiger partial charge in [0.15, 0.2) is 10.9 Å². The first-order valence-electron chi connectivity index (χ1n) is 8.01. The maximum Gasteiger partial charge on any atom is 0.238 e. The molecule has 1 aliphatic heterocycles. The number of carbonyl (C=O) groups excluding carboxylic acids is 1. The number of hydrogen-bond acceptors (Lipinski definition) is 8. The van der Waals surface area contributed by atoms with Crippen molar-refractivity contribution < 1.29 is 13.7 Å². The van der Waals surface area contributed by atoms with E-state index in [2.05, 4.69) is 32.4 Å². The lowest BCUT2D eigenvalue weighted by Gasteiger charge is -2.20. The smallest absolute Gasteiger partial charge is 0.238 e. The maximum atomic E-state index is 12.1. The van der Waals surface area contributed by atoms with E-state index in [1.807, 2.05) is 0 Å². The van der Waals surface area contributed by atoms with E-state index >= 15 is 0 Å². The highest BCUT2D eigenvalue weighted by molar-refractivity contribution is 7.15. The van der Waals surface area contributed by atoms with Crippen molar-refractivity contribution in [3.63, 3.8) is 0 Å². The van der Waals surface area contributed by atoms with Crippen molar-refractivity contribution in [3.8, 4) is 11.6 Å². The fraction of sp³-hybridized carbons (Fsp3) is 0.375. The van der Waals surface area contributed by atoms with E-state index < -0.39 is 0 Å². The molecule has 3 aromatic heterocycles. The second kappa shape index (κ2) is 6.77. The number of nitrogens with one attached hydrogen (secondary N) is 1. The monoisotopic (exact) mass is 359 g/mol. The summed E-state index contributed by atoms with van der Waals surface area (Å²) in [5.74, 6) is 1.22. The first kappa shape index (κ1) is 16.0. The molecule has 4 heterocycles. The minimum Gasteiger partial charge on any atom is -0.461 e. The van der Waals surface area contributed by atoms with Gasteiger partial charge in [0.05, 0.1) is 12.0 Å². The number of aromatic nitrogens is 3. The van der Waals surface area contributed by atoms with Crippen LogP contribution in [0.2, 0.25) is 0 Å². The highest BCUT2D eigenvalue weighted by Crippen LogP contribution is 2.27. The zero-order chi connectivity index (χ0) is 17.2. The van der Waals surface area contributed by atoms with Crippen molar-refractivity contribution in [3.05, 3.63) is 34.9 Å². The third-order valence-corrected chi connectivity index (χ3v) is 4.94. The van der Waals surface area contributed by atoms with Gasteiger partial charge in [-0.15, -0.1) is 11.3 Å². The predicted octanol–water partition coefficient (Wildman–Crippen LogP) is 2.35. The lowest BCUT2D eigenvalue weighted by atomic mass is 10.2. The van der Waals surface area contributed by atoms with E-state index in [-0.39, 0.29) is 12.3 Å². The van der Waals surface area contributed by atoms with Gasteiger partial charge in [-0.3, -0.25) is 4.79 Å². The van der Waals surface area contributed by atoms with Crippen molar-refractivity contribution in [1.82, 2.24) is 20.0 Å². The van der Waals surface area contributed by atoms with Gasteiger partial charge in [-0.2, -0.15) is 4.98 Å². The van der Waals surface area contributed by atoms with Crippen molar-refractivity contribution in [2.45, 2.75) is 25.8 Å². The van der Waals surface area contributed by atoms with Crippen molar-refractivity contribution in [2.75, 3.05) is 18.9 Å². The molecule has 0 aromatic carbocycles. The molecule has 1 aliphatic rings. The second-order valence-electron chi connectivity index (χ2n) is 5.91. The SMILES string of the molecule is CN1CCc2nc(NC(=O)CCc3nc(-c4ccco4)no3)sc2C1. The number of likely N-dealkylation sites (N-methyl/N-ethyl adjacent to an activating group) is 1. The lowest BCUT2D eigenvalue weighted by Crippen LogP contribution is -2.25. The predicted molar refractivity (Wildman–Crippen MR) is 91.1 cm³/mol. The molecule has 25 heavy (non-hydrogen) atoms. The van der Waals surface area contributed by atoms with E-state index in [1.165, 1.54) is 4.88 Å². The fourth-order valence-corrected chi connectivity index (χ4v) is 3.75. The number of fused-ring (bicyclic) bond motifs is 1. The average molecular weight is 359 g/mol. The second-order valence-corrected chi connectivity index (χ2v) is 7.00. The standard InChI is InChI=1S/C16H17N5O3S/c1-21-7-6-10-12(9-21)25-16(17-10)18-13(22)4-5-14-19-15(20-24-14)11-3-2-8-23-11/h2-3,8H,4-7,9H2,1H3,(H,17,18,22). The Hall–Kier alpha value is -2.52. The van der Waals surface area contributed by atoms with Gasteiger partial charge in [0.2, 0.25) is 17.6 Å². The van der Waals surface area contributed by atoms with Gasteiger partial charge in [-0.05, 0) is 19.2 Å². The molecule has 1 amide bonds. The molecule has 0 saturated heterocycles. The number of nitrogens with zero attached hydrogens (tertiary/aromatic N) is 4. The zero-order valence-electron chi connectivity index (χ0n) is 13.7. The molecule has 0 atom stereocenters. The van der Waals surface area contributed by atoms with Gasteiger partial charge in [0, 0.05) is 37.2 Å². The summed E-state index contributed by atoms with van der Waals surface area (Å²) in [6, 6.07) is 3.51. The van der Waals surface area contributed by atoms with Crippen LogP contribution in [0.4, 0.5) is 5.13 Å². The molecule has 8 nitrogen and oxygen atoms in total. The number of hydrogen-bond donors (Lipinski definition) is 1. The Labute approximate surface area is 147 Å². The Morgan fingerprint density at radius 3 is 3.20 bits per heavy atom. The number of anilines is 1. The number of thiazole rings is 1. The molecule has 130 valence electrons.